The highest BCUT2D eigenvalue weighted by Gasteiger charge is 2.31. The molecule has 6 rings (SSSR count). The van der Waals surface area contributed by atoms with Crippen LogP contribution < -0.4 is 10.5 Å². The first-order chi connectivity index (χ1) is 19.4. The second-order valence-corrected chi connectivity index (χ2v) is 10.0. The van der Waals surface area contributed by atoms with E-state index in [-0.39, 0.29) is 29.1 Å². The van der Waals surface area contributed by atoms with Crippen molar-refractivity contribution in [2.24, 2.45) is 5.92 Å². The van der Waals surface area contributed by atoms with Crippen LogP contribution >= 0.6 is 0 Å². The molecule has 2 N–H and O–H groups in total. The van der Waals surface area contributed by atoms with Crippen LogP contribution in [0.4, 0.5) is 14.6 Å². The molecule has 1 aliphatic carbocycles. The van der Waals surface area contributed by atoms with Gasteiger partial charge in [0.1, 0.15) is 41.0 Å². The third-order valence-corrected chi connectivity index (χ3v) is 7.17. The second kappa shape index (κ2) is 10.4. The van der Waals surface area contributed by atoms with Crippen LogP contribution in [0.25, 0.3) is 22.3 Å². The Labute approximate surface area is 228 Å². The van der Waals surface area contributed by atoms with Crippen molar-refractivity contribution in [3.8, 4) is 28.8 Å². The van der Waals surface area contributed by atoms with Crippen molar-refractivity contribution in [3.05, 3.63) is 72.1 Å². The monoisotopic (exact) mass is 541 g/mol. The predicted octanol–water partition coefficient (Wildman–Crippen LogP) is 5.17. The van der Waals surface area contributed by atoms with Crippen LogP contribution in [0, 0.1) is 28.9 Å². The molecule has 2 aliphatic rings. The summed E-state index contributed by atoms with van der Waals surface area (Å²) < 4.78 is 34.9. The van der Waals surface area contributed by atoms with E-state index in [1.807, 2.05) is 0 Å². The molecule has 1 amide bonds. The summed E-state index contributed by atoms with van der Waals surface area (Å²) in [5, 5.41) is 15.0. The fourth-order valence-electron chi connectivity index (χ4n) is 4.98. The molecule has 0 bridgehead atoms. The second-order valence-electron chi connectivity index (χ2n) is 10.0. The van der Waals surface area contributed by atoms with Gasteiger partial charge in [0.05, 0.1) is 11.4 Å². The Kier molecular flexibility index (Phi) is 6.59. The number of hydrogen-bond acceptors (Lipinski definition) is 7. The number of fused-ring (bicyclic) bond motifs is 1. The van der Waals surface area contributed by atoms with Crippen LogP contribution in [0.2, 0.25) is 0 Å². The molecule has 4 aromatic rings. The molecule has 202 valence electrons. The Morgan fingerprint density at radius 3 is 2.67 bits per heavy atom. The largest absolute Gasteiger partial charge is 0.454 e. The third-order valence-electron chi connectivity index (χ3n) is 7.17. The molecular weight excluding hydrogens is 516 g/mol. The summed E-state index contributed by atoms with van der Waals surface area (Å²) in [4.78, 5) is 23.5. The number of halogens is 2. The summed E-state index contributed by atoms with van der Waals surface area (Å²) in [5.74, 6) is -0.859. The van der Waals surface area contributed by atoms with Gasteiger partial charge in [0.15, 0.2) is 17.2 Å². The van der Waals surface area contributed by atoms with Gasteiger partial charge in [0.25, 0.3) is 5.91 Å². The van der Waals surface area contributed by atoms with Crippen molar-refractivity contribution < 1.29 is 18.3 Å². The zero-order chi connectivity index (χ0) is 27.8. The fraction of sp³-hybridized carbons (Fsp3) is 0.276. The molecule has 1 atom stereocenters. The number of rotatable bonds is 6. The maximum absolute atomic E-state index is 14.0. The quantitative estimate of drug-likeness (QED) is 0.264. The van der Waals surface area contributed by atoms with Gasteiger partial charge in [-0.05, 0) is 68.0 Å². The zero-order valence-electron chi connectivity index (χ0n) is 21.4. The molecule has 0 spiro atoms. The highest BCUT2D eigenvalue weighted by Crippen LogP contribution is 2.36. The molecule has 9 nitrogen and oxygen atoms in total. The molecule has 11 heteroatoms. The average Bonchev–Trinajstić information content (AvgIpc) is 3.71. The van der Waals surface area contributed by atoms with E-state index < -0.39 is 11.6 Å². The number of piperidine rings is 1. The number of nitrogen functional groups attached to an aromatic ring is 1. The number of hydrogen-bond donors (Lipinski definition) is 1. The summed E-state index contributed by atoms with van der Waals surface area (Å²) in [6.45, 7) is 0.949. The van der Waals surface area contributed by atoms with Crippen molar-refractivity contribution >= 4 is 22.8 Å². The van der Waals surface area contributed by atoms with E-state index in [0.717, 1.165) is 43.9 Å². The van der Waals surface area contributed by atoms with E-state index in [2.05, 4.69) is 16.0 Å². The van der Waals surface area contributed by atoms with Crippen LogP contribution in [-0.4, -0.2) is 43.6 Å². The SMILES string of the molecule is N#C/C(=C/C1CC1)C(=O)N1CCC[C@@H](n2nc(-c3ccc(Oc4cc(F)ccc4F)cc3)c3c(N)ncnc32)C1. The summed E-state index contributed by atoms with van der Waals surface area (Å²) in [6, 6.07) is 11.6. The Hall–Kier alpha value is -4.85. The number of benzene rings is 2. The normalized spacial score (nSPS) is 17.6. The first kappa shape index (κ1) is 25.4. The zero-order valence-corrected chi connectivity index (χ0v) is 21.4. The van der Waals surface area contributed by atoms with Crippen molar-refractivity contribution in [2.75, 3.05) is 18.8 Å². The number of ether oxygens (including phenoxy) is 1. The Morgan fingerprint density at radius 1 is 1.12 bits per heavy atom. The Balaban J connectivity index is 1.30. The molecule has 1 saturated carbocycles. The van der Waals surface area contributed by atoms with Crippen LogP contribution in [0.1, 0.15) is 31.7 Å². The van der Waals surface area contributed by atoms with Gasteiger partial charge >= 0.3 is 0 Å². The molecule has 2 fully saturated rings. The summed E-state index contributed by atoms with van der Waals surface area (Å²) in [5.41, 5.74) is 8.25. The minimum Gasteiger partial charge on any atom is -0.454 e. The number of likely N-dealkylation sites (tertiary alicyclic amines) is 1. The lowest BCUT2D eigenvalue weighted by molar-refractivity contribution is -0.128. The van der Waals surface area contributed by atoms with Crippen molar-refractivity contribution in [1.29, 1.82) is 5.26 Å². The van der Waals surface area contributed by atoms with E-state index in [4.69, 9.17) is 15.6 Å². The smallest absolute Gasteiger partial charge is 0.264 e. The molecule has 1 saturated heterocycles. The Morgan fingerprint density at radius 2 is 1.93 bits per heavy atom. The van der Waals surface area contributed by atoms with Gasteiger partial charge in [-0.25, -0.2) is 23.4 Å². The van der Waals surface area contributed by atoms with E-state index in [0.29, 0.717) is 47.0 Å². The lowest BCUT2D eigenvalue weighted by Crippen LogP contribution is -2.41. The molecule has 0 radical (unpaired) electrons. The van der Waals surface area contributed by atoms with Gasteiger partial charge in [-0.2, -0.15) is 10.4 Å². The van der Waals surface area contributed by atoms with E-state index in [1.165, 1.54) is 6.33 Å². The maximum atomic E-state index is 14.0. The van der Waals surface area contributed by atoms with Gasteiger partial charge in [0, 0.05) is 24.7 Å². The molecule has 0 unspecified atom stereocenters. The highest BCUT2D eigenvalue weighted by atomic mass is 19.1. The van der Waals surface area contributed by atoms with Crippen molar-refractivity contribution in [1.82, 2.24) is 24.6 Å². The van der Waals surface area contributed by atoms with Gasteiger partial charge < -0.3 is 15.4 Å². The molecule has 2 aromatic carbocycles. The van der Waals surface area contributed by atoms with Gasteiger partial charge in [-0.3, -0.25) is 4.79 Å². The topological polar surface area (TPSA) is 123 Å². The number of nitrogens with zero attached hydrogens (tertiary/aromatic N) is 6. The minimum atomic E-state index is -0.676. The number of allylic oxidation sites excluding steroid dienone is 1. The number of nitriles is 1. The first-order valence-corrected chi connectivity index (χ1v) is 13.0. The molecule has 40 heavy (non-hydrogen) atoms. The van der Waals surface area contributed by atoms with E-state index in [1.54, 1.807) is 39.9 Å². The van der Waals surface area contributed by atoms with E-state index in [9.17, 15) is 18.8 Å². The van der Waals surface area contributed by atoms with Gasteiger partial charge in [0.2, 0.25) is 0 Å². The van der Waals surface area contributed by atoms with Crippen molar-refractivity contribution in [2.45, 2.75) is 31.7 Å². The number of carbonyl (C=O) groups excluding carboxylic acids is 1. The lowest BCUT2D eigenvalue weighted by atomic mass is 10.0. The third kappa shape index (κ3) is 4.96. The summed E-state index contributed by atoms with van der Waals surface area (Å²) >= 11 is 0. The van der Waals surface area contributed by atoms with Gasteiger partial charge in [-0.15, -0.1) is 0 Å². The molecule has 2 aromatic heterocycles. The average molecular weight is 542 g/mol. The summed E-state index contributed by atoms with van der Waals surface area (Å²) in [6.07, 6.45) is 6.71. The standard InChI is InChI=1S/C29H25F2N7O2/c30-20-7-10-23(31)24(13-20)40-22-8-5-18(6-9-22)26-25-27(33)34-16-35-28(25)38(36-26)21-2-1-11-37(15-21)29(39)19(14-32)12-17-3-4-17/h5-10,12-13,16-17,21H,1-4,11,15H2,(H2,33,34,35)/b19-12-/t21-/m1/s1. The highest BCUT2D eigenvalue weighted by molar-refractivity contribution is 5.99. The van der Waals surface area contributed by atoms with Crippen LogP contribution in [0.15, 0.2) is 60.4 Å². The fourth-order valence-corrected chi connectivity index (χ4v) is 4.98. The van der Waals surface area contributed by atoms with Gasteiger partial charge in [-0.1, -0.05) is 6.08 Å². The molecule has 1 aliphatic heterocycles. The lowest BCUT2D eigenvalue weighted by Gasteiger charge is -2.32. The Bertz CT molecular complexity index is 1670. The van der Waals surface area contributed by atoms with Crippen molar-refractivity contribution in [3.63, 3.8) is 0 Å². The number of aromatic nitrogens is 4. The number of carbonyl (C=O) groups is 1. The molecular formula is C29H25F2N7O2. The molecule has 3 heterocycles. The predicted molar refractivity (Wildman–Crippen MR) is 143 cm³/mol. The number of anilines is 1. The van der Waals surface area contributed by atoms with Crippen LogP contribution in [-0.2, 0) is 4.79 Å². The van der Waals surface area contributed by atoms with Crippen LogP contribution in [0.3, 0.4) is 0 Å². The number of nitrogens with two attached hydrogens (primary N) is 1. The minimum absolute atomic E-state index is 0.178. The van der Waals surface area contributed by atoms with E-state index >= 15 is 0 Å². The van der Waals surface area contributed by atoms with Crippen LogP contribution in [0.5, 0.6) is 11.5 Å². The number of amides is 1. The first-order valence-electron chi connectivity index (χ1n) is 13.0. The maximum Gasteiger partial charge on any atom is 0.264 e. The summed E-state index contributed by atoms with van der Waals surface area (Å²) in [7, 11) is 0.